The van der Waals surface area contributed by atoms with E-state index >= 15 is 0 Å². The van der Waals surface area contributed by atoms with Crippen LogP contribution in [-0.4, -0.2) is 44.4 Å². The molecule has 0 spiro atoms. The fourth-order valence-corrected chi connectivity index (χ4v) is 1.84. The van der Waals surface area contributed by atoms with Gasteiger partial charge in [-0.1, -0.05) is 0 Å². The molecular formula is C8H17NO2S. The lowest BCUT2D eigenvalue weighted by Crippen LogP contribution is -2.34. The second-order valence-electron chi connectivity index (χ2n) is 3.12. The Morgan fingerprint density at radius 2 is 2.42 bits per heavy atom. The maximum atomic E-state index is 5.03. The Morgan fingerprint density at radius 3 is 3.08 bits per heavy atom. The van der Waals surface area contributed by atoms with Gasteiger partial charge in [0.1, 0.15) is 0 Å². The Balaban J connectivity index is 2.20. The van der Waals surface area contributed by atoms with Crippen LogP contribution < -0.4 is 0 Å². The SMILES string of the molecule is COCCN1CCCC1COS. The zero-order valence-electron chi connectivity index (χ0n) is 7.53. The molecule has 0 bridgehead atoms. The van der Waals surface area contributed by atoms with Crippen LogP contribution in [0.25, 0.3) is 0 Å². The third kappa shape index (κ3) is 2.94. The van der Waals surface area contributed by atoms with Crippen molar-refractivity contribution < 1.29 is 8.92 Å². The molecule has 1 aliphatic heterocycles. The van der Waals surface area contributed by atoms with Crippen LogP contribution in [0.15, 0.2) is 0 Å². The van der Waals surface area contributed by atoms with Gasteiger partial charge in [0.25, 0.3) is 0 Å². The van der Waals surface area contributed by atoms with Gasteiger partial charge in [-0.05, 0) is 32.3 Å². The molecule has 1 rings (SSSR count). The molecule has 72 valence electrons. The first kappa shape index (κ1) is 10.3. The molecule has 0 amide bonds. The molecule has 1 atom stereocenters. The summed E-state index contributed by atoms with van der Waals surface area (Å²) < 4.78 is 9.88. The molecule has 3 nitrogen and oxygen atoms in total. The Bertz CT molecular complexity index is 124. The van der Waals surface area contributed by atoms with Crippen molar-refractivity contribution in [2.45, 2.75) is 18.9 Å². The molecule has 1 heterocycles. The first-order valence-electron chi connectivity index (χ1n) is 4.38. The summed E-state index contributed by atoms with van der Waals surface area (Å²) in [6, 6.07) is 0.553. The number of hydrogen-bond acceptors (Lipinski definition) is 4. The van der Waals surface area contributed by atoms with E-state index < -0.39 is 0 Å². The van der Waals surface area contributed by atoms with E-state index in [1.807, 2.05) is 0 Å². The van der Waals surface area contributed by atoms with Gasteiger partial charge in [-0.2, -0.15) is 0 Å². The molecule has 4 heteroatoms. The zero-order valence-corrected chi connectivity index (χ0v) is 8.43. The number of thiol groups is 1. The smallest absolute Gasteiger partial charge is 0.0766 e. The molecule has 0 aromatic carbocycles. The van der Waals surface area contributed by atoms with Gasteiger partial charge in [0.2, 0.25) is 0 Å². The lowest BCUT2D eigenvalue weighted by atomic mass is 10.2. The molecule has 0 radical (unpaired) electrons. The predicted octanol–water partition coefficient (Wildman–Crippen LogP) is 0.959. The standard InChI is InChI=1S/C8H17NO2S/c1-10-6-5-9-4-2-3-8(9)7-11-12/h8,12H,2-7H2,1H3. The van der Waals surface area contributed by atoms with Crippen LogP contribution in [0.2, 0.25) is 0 Å². The van der Waals surface area contributed by atoms with Crippen LogP contribution in [-0.2, 0) is 8.92 Å². The van der Waals surface area contributed by atoms with Crippen LogP contribution in [0, 0.1) is 0 Å². The van der Waals surface area contributed by atoms with Crippen LogP contribution >= 0.6 is 12.9 Å². The van der Waals surface area contributed by atoms with E-state index in [1.54, 1.807) is 7.11 Å². The van der Waals surface area contributed by atoms with E-state index in [2.05, 4.69) is 17.8 Å². The first-order valence-corrected chi connectivity index (χ1v) is 4.74. The number of nitrogens with zero attached hydrogens (tertiary/aromatic N) is 1. The minimum Gasteiger partial charge on any atom is -0.383 e. The molecule has 1 aliphatic rings. The molecule has 0 saturated carbocycles. The van der Waals surface area contributed by atoms with Gasteiger partial charge in [-0.25, -0.2) is 0 Å². The van der Waals surface area contributed by atoms with E-state index in [-0.39, 0.29) is 0 Å². The fourth-order valence-electron chi connectivity index (χ4n) is 1.67. The fraction of sp³-hybridized carbons (Fsp3) is 1.00. The number of hydrogen-bond donors (Lipinski definition) is 1. The highest BCUT2D eigenvalue weighted by atomic mass is 32.1. The Morgan fingerprint density at radius 1 is 1.58 bits per heavy atom. The van der Waals surface area contributed by atoms with Crippen molar-refractivity contribution in [3.63, 3.8) is 0 Å². The van der Waals surface area contributed by atoms with Crippen molar-refractivity contribution in [3.05, 3.63) is 0 Å². The average molecular weight is 191 g/mol. The first-order chi connectivity index (χ1) is 5.88. The summed E-state index contributed by atoms with van der Waals surface area (Å²) in [5.74, 6) is 0. The van der Waals surface area contributed by atoms with Gasteiger partial charge in [-0.15, -0.1) is 0 Å². The van der Waals surface area contributed by atoms with Crippen LogP contribution in [0.1, 0.15) is 12.8 Å². The third-order valence-electron chi connectivity index (χ3n) is 2.35. The second kappa shape index (κ2) is 5.80. The summed E-state index contributed by atoms with van der Waals surface area (Å²) in [7, 11) is 1.74. The second-order valence-corrected chi connectivity index (χ2v) is 3.38. The van der Waals surface area contributed by atoms with Crippen LogP contribution in [0.5, 0.6) is 0 Å². The summed E-state index contributed by atoms with van der Waals surface area (Å²) in [4.78, 5) is 2.40. The van der Waals surface area contributed by atoms with E-state index in [0.29, 0.717) is 6.04 Å². The van der Waals surface area contributed by atoms with Crippen LogP contribution in [0.3, 0.4) is 0 Å². The van der Waals surface area contributed by atoms with Gasteiger partial charge in [0.15, 0.2) is 0 Å². The minimum atomic E-state index is 0.553. The van der Waals surface area contributed by atoms with Gasteiger partial charge >= 0.3 is 0 Å². The number of methoxy groups -OCH3 is 1. The number of ether oxygens (including phenoxy) is 1. The summed E-state index contributed by atoms with van der Waals surface area (Å²) in [5, 5.41) is 0. The predicted molar refractivity (Wildman–Crippen MR) is 51.4 cm³/mol. The van der Waals surface area contributed by atoms with Crippen molar-refractivity contribution in [1.29, 1.82) is 0 Å². The zero-order chi connectivity index (χ0) is 8.81. The van der Waals surface area contributed by atoms with E-state index in [1.165, 1.54) is 19.4 Å². The Hall–Kier alpha value is 0.230. The molecule has 1 saturated heterocycles. The summed E-state index contributed by atoms with van der Waals surface area (Å²) in [6.45, 7) is 3.72. The van der Waals surface area contributed by atoms with Gasteiger partial charge in [0, 0.05) is 19.7 Å². The Kier molecular flexibility index (Phi) is 4.99. The maximum Gasteiger partial charge on any atom is 0.0766 e. The van der Waals surface area contributed by atoms with Crippen molar-refractivity contribution in [1.82, 2.24) is 4.90 Å². The van der Waals surface area contributed by atoms with Crippen molar-refractivity contribution >= 4 is 12.9 Å². The minimum absolute atomic E-state index is 0.553. The lowest BCUT2D eigenvalue weighted by molar-refractivity contribution is 0.125. The number of likely N-dealkylation sites (tertiary alicyclic amines) is 1. The third-order valence-corrected chi connectivity index (χ3v) is 2.50. The summed E-state index contributed by atoms with van der Waals surface area (Å²) in [6.07, 6.45) is 2.50. The quantitative estimate of drug-likeness (QED) is 0.517. The molecule has 1 unspecified atom stereocenters. The van der Waals surface area contributed by atoms with E-state index in [9.17, 15) is 0 Å². The molecular weight excluding hydrogens is 174 g/mol. The lowest BCUT2D eigenvalue weighted by Gasteiger charge is -2.22. The molecule has 12 heavy (non-hydrogen) atoms. The summed E-state index contributed by atoms with van der Waals surface area (Å²) in [5.41, 5.74) is 0. The highest BCUT2D eigenvalue weighted by molar-refractivity contribution is 7.75. The monoisotopic (exact) mass is 191 g/mol. The topological polar surface area (TPSA) is 21.7 Å². The number of rotatable bonds is 5. The van der Waals surface area contributed by atoms with Crippen molar-refractivity contribution in [2.75, 3.05) is 33.4 Å². The van der Waals surface area contributed by atoms with Gasteiger partial charge in [0.05, 0.1) is 13.2 Å². The van der Waals surface area contributed by atoms with E-state index in [4.69, 9.17) is 8.92 Å². The molecule has 0 N–H and O–H groups in total. The highest BCUT2D eigenvalue weighted by Gasteiger charge is 2.23. The average Bonchev–Trinajstić information content (AvgIpc) is 2.50. The largest absolute Gasteiger partial charge is 0.383 e. The van der Waals surface area contributed by atoms with Crippen LogP contribution in [0.4, 0.5) is 0 Å². The van der Waals surface area contributed by atoms with Gasteiger partial charge in [-0.3, -0.25) is 4.90 Å². The molecule has 1 fully saturated rings. The molecule has 0 aliphatic carbocycles. The van der Waals surface area contributed by atoms with Crippen molar-refractivity contribution in [2.24, 2.45) is 0 Å². The molecule has 0 aromatic rings. The molecule has 0 aromatic heterocycles. The van der Waals surface area contributed by atoms with Crippen molar-refractivity contribution in [3.8, 4) is 0 Å². The maximum absolute atomic E-state index is 5.03. The highest BCUT2D eigenvalue weighted by Crippen LogP contribution is 2.16. The normalized spacial score (nSPS) is 25.0. The Labute approximate surface area is 79.6 Å². The van der Waals surface area contributed by atoms with E-state index in [0.717, 1.165) is 19.8 Å². The van der Waals surface area contributed by atoms with Gasteiger partial charge < -0.3 is 8.92 Å². The summed E-state index contributed by atoms with van der Waals surface area (Å²) >= 11 is 3.77.